The molecule has 0 fully saturated rings. The predicted molar refractivity (Wildman–Crippen MR) is 429 cm³/mol. The quantitative estimate of drug-likeness (QED) is 0.0429. The highest BCUT2D eigenvalue weighted by Gasteiger charge is 2.25. The summed E-state index contributed by atoms with van der Waals surface area (Å²) in [7, 11) is 6.85. The van der Waals surface area contributed by atoms with Crippen LogP contribution in [0.2, 0.25) is 0 Å². The monoisotopic (exact) mass is 1350 g/mol. The van der Waals surface area contributed by atoms with E-state index in [1.54, 1.807) is 28.4 Å². The Morgan fingerprint density at radius 3 is 0.765 bits per heavy atom. The average Bonchev–Trinajstić information content (AvgIpc) is 0.820. The molecule has 5 atom stereocenters. The van der Waals surface area contributed by atoms with Crippen LogP contribution >= 0.6 is 0 Å². The molecule has 7 nitrogen and oxygen atoms in total. The summed E-state index contributed by atoms with van der Waals surface area (Å²) in [5.41, 5.74) is 24.9. The molecule has 0 aliphatic rings. The van der Waals surface area contributed by atoms with E-state index in [-0.39, 0.29) is 29.6 Å². The van der Waals surface area contributed by atoms with Crippen LogP contribution in [0.3, 0.4) is 0 Å². The van der Waals surface area contributed by atoms with Gasteiger partial charge < -0.3 is 33.6 Å². The normalized spacial score (nSPS) is 12.7. The lowest BCUT2D eigenvalue weighted by atomic mass is 9.78. The summed E-state index contributed by atoms with van der Waals surface area (Å²) in [4.78, 5) is 7.10. The van der Waals surface area contributed by atoms with E-state index in [9.17, 15) is 0 Å². The van der Waals surface area contributed by atoms with Gasteiger partial charge in [-0.25, -0.2) is 0 Å². The summed E-state index contributed by atoms with van der Waals surface area (Å²) >= 11 is 0. The van der Waals surface area contributed by atoms with Crippen LogP contribution in [0.15, 0.2) is 291 Å². The standard InChI is InChI=1S/C95H99N3O4/c1-11-96(12-2)85-45-21-72(22-46-85)66-94(82-35-33-79(34-36-82)80-39-49-87(50-40-80)98(88-51-59-92(101-9)60-52-88)89-53-61-93(102-10)62-54-89)67(5)73-29-31-78(32-30-73)77-25-17-70(18-26-77)64-84(81-37-47-86(48-38-81)97(13-3)14-4)63-69-15-23-75(24-16-69)76-27-19-71(20-28-76)65-95(83-43-57-91(100-8)58-44-83)68(6)74-41-55-90(99-7)56-42-74/h15-62,67-68,84,94-95H,11-14,63-66H2,1-10H3. The molecule has 0 aliphatic heterocycles. The van der Waals surface area contributed by atoms with Crippen molar-refractivity contribution in [3.8, 4) is 56.4 Å². The van der Waals surface area contributed by atoms with E-state index in [4.69, 9.17) is 18.9 Å². The second-order valence-electron chi connectivity index (χ2n) is 27.1. The number of rotatable bonds is 31. The average molecular weight is 1350 g/mol. The van der Waals surface area contributed by atoms with Crippen molar-refractivity contribution in [2.24, 2.45) is 0 Å². The van der Waals surface area contributed by atoms with Gasteiger partial charge in [-0.15, -0.1) is 0 Å². The molecule has 7 heteroatoms. The maximum Gasteiger partial charge on any atom is 0.119 e. The number of ether oxygens (including phenoxy) is 4. The largest absolute Gasteiger partial charge is 0.497 e. The van der Waals surface area contributed by atoms with Crippen LogP contribution in [-0.2, 0) is 25.7 Å². The molecule has 0 aromatic heterocycles. The van der Waals surface area contributed by atoms with Crippen LogP contribution in [0.4, 0.5) is 28.4 Å². The Morgan fingerprint density at radius 2 is 0.451 bits per heavy atom. The van der Waals surface area contributed by atoms with E-state index in [0.29, 0.717) is 0 Å². The first kappa shape index (κ1) is 71.1. The van der Waals surface area contributed by atoms with E-state index in [1.807, 2.05) is 24.3 Å². The van der Waals surface area contributed by atoms with Crippen LogP contribution in [-0.4, -0.2) is 54.6 Å². The smallest absolute Gasteiger partial charge is 0.119 e. The molecule has 12 aromatic carbocycles. The Hall–Kier alpha value is -10.8. The zero-order valence-electron chi connectivity index (χ0n) is 61.2. The van der Waals surface area contributed by atoms with Gasteiger partial charge in [0.05, 0.1) is 28.4 Å². The van der Waals surface area contributed by atoms with Crippen LogP contribution in [0.5, 0.6) is 23.0 Å². The van der Waals surface area contributed by atoms with Gasteiger partial charge in [0.25, 0.3) is 0 Å². The summed E-state index contributed by atoms with van der Waals surface area (Å²) in [6.45, 7) is 17.6. The Bertz CT molecular complexity index is 4470. The molecule has 0 amide bonds. The second kappa shape index (κ2) is 34.1. The minimum Gasteiger partial charge on any atom is -0.497 e. The number of hydrogen-bond donors (Lipinski definition) is 0. The summed E-state index contributed by atoms with van der Waals surface area (Å²) in [5, 5.41) is 0. The van der Waals surface area contributed by atoms with E-state index < -0.39 is 0 Å². The minimum absolute atomic E-state index is 0.239. The lowest BCUT2D eigenvalue weighted by molar-refractivity contribution is 0.414. The molecule has 0 bridgehead atoms. The Balaban J connectivity index is 0.747. The third-order valence-electron chi connectivity index (χ3n) is 21.2. The fourth-order valence-corrected chi connectivity index (χ4v) is 14.9. The highest BCUT2D eigenvalue weighted by atomic mass is 16.5. The highest BCUT2D eigenvalue weighted by molar-refractivity contribution is 5.79. The van der Waals surface area contributed by atoms with E-state index in [2.05, 4.69) is 323 Å². The summed E-state index contributed by atoms with van der Waals surface area (Å²) < 4.78 is 22.1. The van der Waals surface area contributed by atoms with Gasteiger partial charge in [0.1, 0.15) is 23.0 Å². The molecule has 0 heterocycles. The van der Waals surface area contributed by atoms with Crippen molar-refractivity contribution in [2.45, 2.75) is 96.8 Å². The molecule has 518 valence electrons. The third-order valence-corrected chi connectivity index (χ3v) is 21.2. The molecule has 0 N–H and O–H groups in total. The number of anilines is 5. The summed E-state index contributed by atoms with van der Waals surface area (Å²) in [5.74, 6) is 4.71. The minimum atomic E-state index is 0.239. The Kier molecular flexibility index (Phi) is 23.7. The van der Waals surface area contributed by atoms with Crippen LogP contribution in [0, 0.1) is 0 Å². The maximum atomic E-state index is 5.54. The van der Waals surface area contributed by atoms with Gasteiger partial charge in [0.2, 0.25) is 0 Å². The van der Waals surface area contributed by atoms with Crippen LogP contribution in [0.25, 0.3) is 33.4 Å². The van der Waals surface area contributed by atoms with Gasteiger partial charge in [-0.1, -0.05) is 196 Å². The van der Waals surface area contributed by atoms with Crippen molar-refractivity contribution < 1.29 is 18.9 Å². The number of benzene rings is 12. The fraction of sp³-hybridized carbons (Fsp3) is 0.242. The van der Waals surface area contributed by atoms with Gasteiger partial charge in [0.15, 0.2) is 0 Å². The first-order valence-corrected chi connectivity index (χ1v) is 36.6. The maximum absolute atomic E-state index is 5.54. The zero-order valence-corrected chi connectivity index (χ0v) is 61.2. The topological polar surface area (TPSA) is 46.6 Å². The molecule has 12 aromatic rings. The molecular formula is C95H99N3O4. The number of hydrogen-bond acceptors (Lipinski definition) is 7. The van der Waals surface area contributed by atoms with Crippen molar-refractivity contribution in [1.82, 2.24) is 0 Å². The predicted octanol–water partition coefficient (Wildman–Crippen LogP) is 23.7. The number of nitrogens with zero attached hydrogens (tertiary/aromatic N) is 3. The first-order valence-electron chi connectivity index (χ1n) is 36.6. The van der Waals surface area contributed by atoms with Gasteiger partial charge in [-0.2, -0.15) is 0 Å². The first-order chi connectivity index (χ1) is 49.9. The Morgan fingerprint density at radius 1 is 0.235 bits per heavy atom. The van der Waals surface area contributed by atoms with Gasteiger partial charge in [0, 0.05) is 54.6 Å². The molecule has 0 saturated carbocycles. The Labute approximate surface area is 607 Å². The summed E-state index contributed by atoms with van der Waals surface area (Å²) in [6, 6.07) is 108. The molecule has 0 spiro atoms. The molecule has 0 aliphatic carbocycles. The van der Waals surface area contributed by atoms with Crippen molar-refractivity contribution >= 4 is 28.4 Å². The van der Waals surface area contributed by atoms with E-state index >= 15 is 0 Å². The fourth-order valence-electron chi connectivity index (χ4n) is 14.9. The van der Waals surface area contributed by atoms with Crippen molar-refractivity contribution in [2.75, 3.05) is 69.3 Å². The molecule has 5 unspecified atom stereocenters. The van der Waals surface area contributed by atoms with Gasteiger partial charge >= 0.3 is 0 Å². The summed E-state index contributed by atoms with van der Waals surface area (Å²) in [6.07, 6.45) is 3.70. The highest BCUT2D eigenvalue weighted by Crippen LogP contribution is 2.42. The van der Waals surface area contributed by atoms with E-state index in [0.717, 1.165) is 91.9 Å². The van der Waals surface area contributed by atoms with E-state index in [1.165, 1.54) is 94.8 Å². The molecule has 0 radical (unpaired) electrons. The number of methoxy groups -OCH3 is 4. The SMILES string of the molecule is CCN(CC)c1ccc(CC(c2ccc(-c3ccc(N(c4ccc(OC)cc4)c4ccc(OC)cc4)cc3)cc2)C(C)c2ccc(-c3ccc(CC(Cc4ccc(-c5ccc(CC(c6ccc(OC)cc6)C(C)c6ccc(OC)cc6)cc5)cc4)c4ccc(N(CC)CC)cc4)cc3)cc2)cc1. The molecule has 0 saturated heterocycles. The zero-order chi connectivity index (χ0) is 70.9. The molecular weight excluding hydrogens is 1250 g/mol. The van der Waals surface area contributed by atoms with Gasteiger partial charge in [-0.3, -0.25) is 0 Å². The van der Waals surface area contributed by atoms with Crippen molar-refractivity contribution in [1.29, 1.82) is 0 Å². The molecule has 12 rings (SSSR count). The van der Waals surface area contributed by atoms with Gasteiger partial charge in [-0.05, 0) is 276 Å². The van der Waals surface area contributed by atoms with Crippen molar-refractivity contribution in [3.63, 3.8) is 0 Å². The third kappa shape index (κ3) is 17.2. The van der Waals surface area contributed by atoms with Crippen LogP contribution in [0.1, 0.15) is 121 Å². The van der Waals surface area contributed by atoms with Crippen molar-refractivity contribution in [3.05, 3.63) is 341 Å². The lowest BCUT2D eigenvalue weighted by Crippen LogP contribution is -2.21. The molecule has 102 heavy (non-hydrogen) atoms. The lowest BCUT2D eigenvalue weighted by Gasteiger charge is -2.27. The second-order valence-corrected chi connectivity index (χ2v) is 27.1. The van der Waals surface area contributed by atoms with Crippen LogP contribution < -0.4 is 33.6 Å².